The molecule has 0 radical (unpaired) electrons. The summed E-state index contributed by atoms with van der Waals surface area (Å²) < 4.78 is 32.2. The summed E-state index contributed by atoms with van der Waals surface area (Å²) in [5, 5.41) is 7.00. The number of halogens is 2. The van der Waals surface area contributed by atoms with Gasteiger partial charge in [0.1, 0.15) is 17.8 Å². The van der Waals surface area contributed by atoms with E-state index in [1.807, 2.05) is 18.4 Å². The molecule has 174 valence electrons. The Labute approximate surface area is 197 Å². The largest absolute Gasteiger partial charge is 0.461 e. The molecule has 32 heavy (non-hydrogen) atoms. The molecule has 0 spiro atoms. The summed E-state index contributed by atoms with van der Waals surface area (Å²) in [4.78, 5) is 14.6. The quantitative estimate of drug-likeness (QED) is 0.199. The second-order valence-electron chi connectivity index (χ2n) is 7.12. The molecule has 2 aromatic carbocycles. The van der Waals surface area contributed by atoms with Gasteiger partial charge in [-0.1, -0.05) is 19.8 Å². The molecule has 0 fully saturated rings. The first-order valence-corrected chi connectivity index (χ1v) is 12.6. The number of carbonyl (C=O) groups is 1. The normalized spacial score (nSPS) is 15.9. The molecular formula is C24H29F2NO3S2. The van der Waals surface area contributed by atoms with Crippen molar-refractivity contribution in [3.63, 3.8) is 0 Å². The van der Waals surface area contributed by atoms with E-state index in [0.717, 1.165) is 59.7 Å². The minimum Gasteiger partial charge on any atom is -0.461 e. The smallest absolute Gasteiger partial charge is 0.197 e. The predicted octanol–water partition coefficient (Wildman–Crippen LogP) is 6.59. The molecule has 3 rings (SSSR count). The molecule has 0 aliphatic carbocycles. The van der Waals surface area contributed by atoms with E-state index in [9.17, 15) is 13.6 Å². The van der Waals surface area contributed by atoms with Gasteiger partial charge in [0.15, 0.2) is 12.1 Å². The van der Waals surface area contributed by atoms with Gasteiger partial charge in [-0.2, -0.15) is 4.39 Å². The second kappa shape index (κ2) is 13.5. The number of aliphatic hydroxyl groups is 1. The van der Waals surface area contributed by atoms with Crippen LogP contribution in [0.2, 0.25) is 0 Å². The lowest BCUT2D eigenvalue weighted by molar-refractivity contribution is -0.106. The van der Waals surface area contributed by atoms with Crippen LogP contribution < -0.4 is 9.64 Å². The molecule has 1 aliphatic rings. The molecule has 8 heteroatoms. The zero-order valence-electron chi connectivity index (χ0n) is 18.5. The maximum atomic E-state index is 13.5. The first kappa shape index (κ1) is 26.2. The Kier molecular flexibility index (Phi) is 11.1. The summed E-state index contributed by atoms with van der Waals surface area (Å²) in [7, 11) is 1.00. The Morgan fingerprint density at radius 3 is 2.66 bits per heavy atom. The van der Waals surface area contributed by atoms with Crippen molar-refractivity contribution < 1.29 is 23.4 Å². The zero-order chi connectivity index (χ0) is 23.5. The third-order valence-corrected chi connectivity index (χ3v) is 7.00. The lowest BCUT2D eigenvalue weighted by Gasteiger charge is -2.28. The van der Waals surface area contributed by atoms with Crippen LogP contribution in [-0.4, -0.2) is 37.1 Å². The van der Waals surface area contributed by atoms with Crippen molar-refractivity contribution in [2.45, 2.75) is 36.0 Å². The Bertz CT molecular complexity index is 907. The van der Waals surface area contributed by atoms with E-state index in [0.29, 0.717) is 11.7 Å². The Hall–Kier alpha value is -2.03. The molecule has 1 atom stereocenters. The molecule has 0 amide bonds. The molecule has 2 aromatic rings. The molecule has 4 nitrogen and oxygen atoms in total. The number of nitrogens with zero attached hydrogens (tertiary/aromatic N) is 1. The minimum atomic E-state index is -0.961. The number of ether oxygens (including phenoxy) is 1. The number of hydrogen-bond donors (Lipinski definition) is 1. The second-order valence-corrected chi connectivity index (χ2v) is 9.03. The van der Waals surface area contributed by atoms with Crippen LogP contribution in [0.4, 0.5) is 20.2 Å². The maximum Gasteiger partial charge on any atom is 0.197 e. The number of unbranched alkanes of at least 4 members (excludes halogenated alkanes) is 1. The number of aliphatic hydroxyl groups excluding tert-OH is 1. The van der Waals surface area contributed by atoms with Crippen LogP contribution in [-0.2, 0) is 4.79 Å². The third kappa shape index (κ3) is 6.98. The van der Waals surface area contributed by atoms with Crippen molar-refractivity contribution in [1.82, 2.24) is 0 Å². The van der Waals surface area contributed by atoms with Gasteiger partial charge in [-0.3, -0.25) is 4.79 Å². The number of thioether (sulfide) groups is 2. The van der Waals surface area contributed by atoms with Gasteiger partial charge in [0, 0.05) is 30.0 Å². The average molecular weight is 482 g/mol. The van der Waals surface area contributed by atoms with Crippen LogP contribution in [0.25, 0.3) is 0 Å². The average Bonchev–Trinajstić information content (AvgIpc) is 3.01. The van der Waals surface area contributed by atoms with E-state index in [1.165, 1.54) is 30.3 Å². The van der Waals surface area contributed by atoms with Crippen molar-refractivity contribution in [3.8, 4) is 5.75 Å². The van der Waals surface area contributed by atoms with Crippen LogP contribution in [0.3, 0.4) is 0 Å². The number of fused-ring (bicyclic) bond motifs is 1. The summed E-state index contributed by atoms with van der Waals surface area (Å²) in [5.74, 6) is 0.737. The summed E-state index contributed by atoms with van der Waals surface area (Å²) in [5.41, 5.74) is 1.97. The van der Waals surface area contributed by atoms with E-state index in [2.05, 4.69) is 11.8 Å². The van der Waals surface area contributed by atoms with Crippen LogP contribution >= 0.6 is 23.5 Å². The van der Waals surface area contributed by atoms with Gasteiger partial charge in [-0.25, -0.2) is 4.39 Å². The fourth-order valence-corrected chi connectivity index (χ4v) is 5.14. The number of allylic oxidation sites excluding steroid dienone is 1. The number of benzene rings is 2. The lowest BCUT2D eigenvalue weighted by atomic mass is 10.0. The highest BCUT2D eigenvalue weighted by Gasteiger charge is 2.25. The van der Waals surface area contributed by atoms with Crippen molar-refractivity contribution in [1.29, 1.82) is 0 Å². The molecule has 0 saturated heterocycles. The molecule has 1 N–H and O–H groups in total. The molecular weight excluding hydrogens is 452 g/mol. The topological polar surface area (TPSA) is 49.8 Å². The molecule has 1 aliphatic heterocycles. The van der Waals surface area contributed by atoms with Crippen LogP contribution in [0.1, 0.15) is 26.2 Å². The minimum absolute atomic E-state index is 0.117. The van der Waals surface area contributed by atoms with Crippen LogP contribution in [0.15, 0.2) is 58.3 Å². The van der Waals surface area contributed by atoms with E-state index in [-0.39, 0.29) is 12.1 Å². The zero-order valence-corrected chi connectivity index (χ0v) is 20.1. The van der Waals surface area contributed by atoms with Gasteiger partial charge in [-0.05, 0) is 55.0 Å². The highest BCUT2D eigenvalue weighted by molar-refractivity contribution is 7.99. The van der Waals surface area contributed by atoms with Gasteiger partial charge in [0.05, 0.1) is 10.6 Å². The first-order valence-electron chi connectivity index (χ1n) is 10.4. The number of aldehydes is 1. The van der Waals surface area contributed by atoms with Gasteiger partial charge in [0.2, 0.25) is 0 Å². The van der Waals surface area contributed by atoms with E-state index < -0.39 is 5.83 Å². The lowest BCUT2D eigenvalue weighted by Crippen LogP contribution is -2.25. The van der Waals surface area contributed by atoms with E-state index in [4.69, 9.17) is 9.84 Å². The molecule has 1 heterocycles. The SMILES string of the molecule is CCCCC1CSc2cc(O/C=C(\F)C=O)c(SC)cc2N(c2ccc(F)cc2)C1.CO. The fraction of sp³-hybridized carbons (Fsp3) is 0.375. The number of hydrogen-bond acceptors (Lipinski definition) is 6. The first-order chi connectivity index (χ1) is 15.5. The predicted molar refractivity (Wildman–Crippen MR) is 129 cm³/mol. The summed E-state index contributed by atoms with van der Waals surface area (Å²) in [6.07, 6.45) is 6.31. The van der Waals surface area contributed by atoms with Gasteiger partial charge >= 0.3 is 0 Å². The number of anilines is 2. The Morgan fingerprint density at radius 1 is 1.31 bits per heavy atom. The van der Waals surface area contributed by atoms with Crippen molar-refractivity contribution in [3.05, 3.63) is 54.3 Å². The van der Waals surface area contributed by atoms with E-state index in [1.54, 1.807) is 23.9 Å². The Morgan fingerprint density at radius 2 is 2.03 bits per heavy atom. The monoisotopic (exact) mass is 481 g/mol. The highest BCUT2D eigenvalue weighted by atomic mass is 32.2. The Balaban J connectivity index is 0.00000176. The number of carbonyl (C=O) groups excluding carboxylic acids is 1. The van der Waals surface area contributed by atoms with Gasteiger partial charge in [-0.15, -0.1) is 23.5 Å². The summed E-state index contributed by atoms with van der Waals surface area (Å²) in [6.45, 7) is 3.04. The van der Waals surface area contributed by atoms with Crippen LogP contribution in [0, 0.1) is 11.7 Å². The maximum absolute atomic E-state index is 13.5. The van der Waals surface area contributed by atoms with Gasteiger partial charge < -0.3 is 14.7 Å². The third-order valence-electron chi connectivity index (χ3n) is 4.97. The summed E-state index contributed by atoms with van der Waals surface area (Å²) >= 11 is 3.24. The highest BCUT2D eigenvalue weighted by Crippen LogP contribution is 2.45. The molecule has 0 bridgehead atoms. The van der Waals surface area contributed by atoms with Crippen molar-refractivity contribution >= 4 is 41.2 Å². The molecule has 0 saturated carbocycles. The standard InChI is InChI=1S/C23H25F2NO2S2.CH4O/c1-3-4-5-16-12-26(19-8-6-17(24)7-9-19)20-10-23(29-2)21(11-22(20)30-15-16)28-14-18(25)13-27;1-2/h6-11,13-14,16H,3-5,12,15H2,1-2H3;2H,1H3/b18-14-;. The fourth-order valence-electron chi connectivity index (χ4n) is 3.41. The molecule has 1 unspecified atom stereocenters. The van der Waals surface area contributed by atoms with Crippen LogP contribution in [0.5, 0.6) is 5.75 Å². The molecule has 0 aromatic heterocycles. The van der Waals surface area contributed by atoms with Crippen molar-refractivity contribution in [2.24, 2.45) is 5.92 Å². The number of rotatable bonds is 8. The summed E-state index contributed by atoms with van der Waals surface area (Å²) in [6, 6.07) is 10.5. The van der Waals surface area contributed by atoms with Crippen molar-refractivity contribution in [2.75, 3.05) is 30.6 Å². The van der Waals surface area contributed by atoms with Gasteiger partial charge in [0.25, 0.3) is 0 Å². The van der Waals surface area contributed by atoms with E-state index >= 15 is 0 Å².